The molecule has 0 unspecified atom stereocenters. The fourth-order valence-corrected chi connectivity index (χ4v) is 1.86. The minimum atomic E-state index is 0. The van der Waals surface area contributed by atoms with Gasteiger partial charge in [0.1, 0.15) is 0 Å². The first-order valence-electron chi connectivity index (χ1n) is 6.45. The van der Waals surface area contributed by atoms with Gasteiger partial charge in [-0.1, -0.05) is 32.1 Å². The highest BCUT2D eigenvalue weighted by Gasteiger charge is 1.99. The van der Waals surface area contributed by atoms with Crippen LogP contribution in [-0.2, 0) is 6.54 Å². The van der Waals surface area contributed by atoms with Gasteiger partial charge in [-0.3, -0.25) is 0 Å². The number of nitrogens with zero attached hydrogens (tertiary/aromatic N) is 1. The Bertz CT molecular complexity index is 240. The van der Waals surface area contributed by atoms with Crippen LogP contribution >= 0.6 is 0 Å². The van der Waals surface area contributed by atoms with Crippen molar-refractivity contribution in [1.82, 2.24) is 0 Å². The first-order valence-corrected chi connectivity index (χ1v) is 6.45. The van der Waals surface area contributed by atoms with Crippen LogP contribution in [0.3, 0.4) is 0 Å². The van der Waals surface area contributed by atoms with Gasteiger partial charge in [-0.2, -0.15) is 4.57 Å². The molecule has 3 nitrogen and oxygen atoms in total. The number of unbranched alkanes of at least 4 members (excludes halogenated alkanes) is 7. The summed E-state index contributed by atoms with van der Waals surface area (Å²) in [6.07, 6.45) is 15.4. The molecule has 0 aliphatic heterocycles. The van der Waals surface area contributed by atoms with Crippen LogP contribution in [-0.4, -0.2) is 11.7 Å². The van der Waals surface area contributed by atoms with Gasteiger partial charge in [-0.05, 0) is 12.8 Å². The van der Waals surface area contributed by atoms with E-state index < -0.39 is 0 Å². The maximum atomic E-state index is 8.62. The number of aryl methyl sites for hydroxylation is 1. The second-order valence-corrected chi connectivity index (χ2v) is 4.32. The smallest absolute Gasteiger partial charge is 0.334 e. The van der Waals surface area contributed by atoms with Crippen LogP contribution in [0.4, 0.5) is 0 Å². The molecule has 0 spiro atoms. The molecule has 17 heavy (non-hydrogen) atoms. The van der Waals surface area contributed by atoms with Crippen LogP contribution in [0.15, 0.2) is 23.3 Å². The number of aliphatic hydroxyl groups excluding tert-OH is 1. The molecule has 1 aromatic heterocycles. The summed E-state index contributed by atoms with van der Waals surface area (Å²) in [7, 11) is 0. The average Bonchev–Trinajstić information content (AvgIpc) is 2.80. The molecule has 0 fully saturated rings. The zero-order valence-electron chi connectivity index (χ0n) is 10.5. The lowest BCUT2D eigenvalue weighted by Gasteiger charge is -1.99. The summed E-state index contributed by atoms with van der Waals surface area (Å²) in [6, 6.07) is 0. The van der Waals surface area contributed by atoms with E-state index in [4.69, 9.17) is 9.52 Å². The van der Waals surface area contributed by atoms with Gasteiger partial charge in [0.25, 0.3) is 0 Å². The number of halogens is 1. The molecule has 1 aromatic rings. The molecule has 0 aliphatic rings. The minimum absolute atomic E-state index is 0. The molecular formula is C13H24INO2. The predicted octanol–water partition coefficient (Wildman–Crippen LogP) is -0.316. The summed E-state index contributed by atoms with van der Waals surface area (Å²) >= 11 is 0. The SMILES string of the molecule is OCCCCCCCCCC[n+]1ccoc1.[I-]. The Hall–Kier alpha value is -0.100. The maximum absolute atomic E-state index is 8.62. The average molecular weight is 353 g/mol. The van der Waals surface area contributed by atoms with E-state index >= 15 is 0 Å². The molecule has 1 heterocycles. The first-order chi connectivity index (χ1) is 7.93. The highest BCUT2D eigenvalue weighted by atomic mass is 127. The van der Waals surface area contributed by atoms with Crippen LogP contribution in [0.25, 0.3) is 0 Å². The molecule has 0 bridgehead atoms. The number of oxazole rings is 1. The topological polar surface area (TPSA) is 37.2 Å². The summed E-state index contributed by atoms with van der Waals surface area (Å²) in [5.41, 5.74) is 0. The van der Waals surface area contributed by atoms with Crippen LogP contribution in [0.2, 0.25) is 0 Å². The predicted molar refractivity (Wildman–Crippen MR) is 62.9 cm³/mol. The van der Waals surface area contributed by atoms with E-state index in [0.29, 0.717) is 6.61 Å². The van der Waals surface area contributed by atoms with Crippen molar-refractivity contribution in [1.29, 1.82) is 0 Å². The van der Waals surface area contributed by atoms with Crippen molar-refractivity contribution in [2.75, 3.05) is 6.61 Å². The number of rotatable bonds is 10. The van der Waals surface area contributed by atoms with E-state index in [2.05, 4.69) is 4.57 Å². The van der Waals surface area contributed by atoms with Crippen molar-refractivity contribution in [3.05, 3.63) is 18.9 Å². The molecule has 0 saturated carbocycles. The van der Waals surface area contributed by atoms with Crippen molar-refractivity contribution in [2.45, 2.75) is 57.9 Å². The van der Waals surface area contributed by atoms with Gasteiger partial charge in [0.05, 0.1) is 0 Å². The standard InChI is InChI=1S/C13H24NO2.HI/c15-11-8-6-4-2-1-3-5-7-9-14-10-12-16-13-14;/h10,12-13,15H,1-9,11H2;1H/q+1;/p-1. The third-order valence-corrected chi connectivity index (χ3v) is 2.85. The Balaban J connectivity index is 0.00000256. The first kappa shape index (κ1) is 16.9. The molecule has 0 aromatic carbocycles. The van der Waals surface area contributed by atoms with E-state index in [0.717, 1.165) is 13.0 Å². The number of aliphatic hydroxyl groups is 1. The van der Waals surface area contributed by atoms with E-state index in [-0.39, 0.29) is 24.0 Å². The van der Waals surface area contributed by atoms with Crippen molar-refractivity contribution >= 4 is 0 Å². The Morgan fingerprint density at radius 3 is 2.00 bits per heavy atom. The van der Waals surface area contributed by atoms with Crippen molar-refractivity contribution in [2.24, 2.45) is 0 Å². The number of hydrogen-bond donors (Lipinski definition) is 1. The summed E-state index contributed by atoms with van der Waals surface area (Å²) in [5, 5.41) is 8.62. The van der Waals surface area contributed by atoms with Gasteiger partial charge < -0.3 is 33.5 Å². The molecular weight excluding hydrogens is 329 g/mol. The van der Waals surface area contributed by atoms with E-state index in [9.17, 15) is 0 Å². The molecule has 0 aliphatic carbocycles. The molecule has 1 N–H and O–H groups in total. The van der Waals surface area contributed by atoms with Crippen molar-refractivity contribution in [3.8, 4) is 0 Å². The van der Waals surface area contributed by atoms with Gasteiger partial charge >= 0.3 is 6.39 Å². The van der Waals surface area contributed by atoms with Crippen LogP contribution < -0.4 is 28.5 Å². The Morgan fingerprint density at radius 2 is 1.47 bits per heavy atom. The third-order valence-electron chi connectivity index (χ3n) is 2.85. The fraction of sp³-hybridized carbons (Fsp3) is 0.769. The molecule has 1 rings (SSSR count). The highest BCUT2D eigenvalue weighted by molar-refractivity contribution is 4.48. The lowest BCUT2D eigenvalue weighted by molar-refractivity contribution is -0.700. The van der Waals surface area contributed by atoms with Gasteiger partial charge in [0, 0.05) is 13.0 Å². The molecule has 0 atom stereocenters. The third kappa shape index (κ3) is 9.59. The maximum Gasteiger partial charge on any atom is 0.334 e. The second-order valence-electron chi connectivity index (χ2n) is 4.32. The summed E-state index contributed by atoms with van der Waals surface area (Å²) in [6.45, 7) is 1.42. The monoisotopic (exact) mass is 353 g/mol. The van der Waals surface area contributed by atoms with E-state index in [1.54, 1.807) is 12.7 Å². The Labute approximate surface area is 121 Å². The lowest BCUT2D eigenvalue weighted by Crippen LogP contribution is -3.00. The van der Waals surface area contributed by atoms with E-state index in [1.807, 2.05) is 6.20 Å². The van der Waals surface area contributed by atoms with E-state index in [1.165, 1.54) is 44.9 Å². The summed E-state index contributed by atoms with van der Waals surface area (Å²) in [5.74, 6) is 0. The molecule has 4 heteroatoms. The largest absolute Gasteiger partial charge is 1.00 e. The minimum Gasteiger partial charge on any atom is -1.00 e. The number of hydrogen-bond acceptors (Lipinski definition) is 2. The van der Waals surface area contributed by atoms with Crippen molar-refractivity contribution < 1.29 is 38.1 Å². The molecule has 0 amide bonds. The number of aromatic nitrogens is 1. The normalized spacial score (nSPS) is 10.2. The van der Waals surface area contributed by atoms with Gasteiger partial charge in [-0.15, -0.1) is 0 Å². The molecule has 0 saturated heterocycles. The Morgan fingerprint density at radius 1 is 0.882 bits per heavy atom. The van der Waals surface area contributed by atoms with Crippen LogP contribution in [0.5, 0.6) is 0 Å². The quantitative estimate of drug-likeness (QED) is 0.356. The van der Waals surface area contributed by atoms with Gasteiger partial charge in [0.2, 0.25) is 6.20 Å². The zero-order valence-corrected chi connectivity index (χ0v) is 12.6. The van der Waals surface area contributed by atoms with Crippen LogP contribution in [0, 0.1) is 0 Å². The lowest BCUT2D eigenvalue weighted by atomic mass is 10.1. The molecule has 0 radical (unpaired) electrons. The van der Waals surface area contributed by atoms with Gasteiger partial charge in [0.15, 0.2) is 12.8 Å². The van der Waals surface area contributed by atoms with Gasteiger partial charge in [-0.25, -0.2) is 0 Å². The second kappa shape index (κ2) is 12.4. The highest BCUT2D eigenvalue weighted by Crippen LogP contribution is 2.08. The van der Waals surface area contributed by atoms with Crippen molar-refractivity contribution in [3.63, 3.8) is 0 Å². The fourth-order valence-electron chi connectivity index (χ4n) is 1.86. The molecule has 100 valence electrons. The van der Waals surface area contributed by atoms with Crippen LogP contribution in [0.1, 0.15) is 51.4 Å². The Kier molecular flexibility index (Phi) is 12.3. The summed E-state index contributed by atoms with van der Waals surface area (Å²) < 4.78 is 7.07. The summed E-state index contributed by atoms with van der Waals surface area (Å²) in [4.78, 5) is 0. The zero-order chi connectivity index (χ0) is 11.5.